The number of rotatable bonds is 5. The molecule has 1 amide bonds. The van der Waals surface area contributed by atoms with E-state index >= 15 is 0 Å². The van der Waals surface area contributed by atoms with Crippen LogP contribution in [0, 0.1) is 6.92 Å². The Morgan fingerprint density at radius 2 is 2.05 bits per heavy atom. The molecule has 4 N–H and O–H groups in total. The molecule has 0 heterocycles. The van der Waals surface area contributed by atoms with Crippen molar-refractivity contribution in [1.29, 1.82) is 0 Å². The lowest BCUT2D eigenvalue weighted by atomic mass is 9.91. The first-order chi connectivity index (χ1) is 9.41. The van der Waals surface area contributed by atoms with Crippen molar-refractivity contribution in [2.24, 2.45) is 10.9 Å². The maximum absolute atomic E-state index is 12.4. The fourth-order valence-electron chi connectivity index (χ4n) is 2.06. The van der Waals surface area contributed by atoms with Crippen molar-refractivity contribution < 1.29 is 10.0 Å². The van der Waals surface area contributed by atoms with Gasteiger partial charge in [0.2, 0.25) is 0 Å². The summed E-state index contributed by atoms with van der Waals surface area (Å²) in [4.78, 5) is 12.4. The molecular formula is C14H20ClN3O2. The summed E-state index contributed by atoms with van der Waals surface area (Å²) < 4.78 is 0. The van der Waals surface area contributed by atoms with E-state index in [-0.39, 0.29) is 11.7 Å². The number of nitrogens with two attached hydrogens (primary N) is 1. The Balaban J connectivity index is 3.12. The standard InChI is InChI=1S/C14H20ClN3O2/c1-4-14(5-2,13(16)18-20)17-12(19)10-8-6-7-9(3)11(10)15/h6-8,20H,4-5H2,1-3H3,(H2,16,18)(H,17,19). The minimum Gasteiger partial charge on any atom is -0.409 e. The Morgan fingerprint density at radius 1 is 1.45 bits per heavy atom. The van der Waals surface area contributed by atoms with Gasteiger partial charge in [-0.2, -0.15) is 0 Å². The van der Waals surface area contributed by atoms with Gasteiger partial charge in [-0.1, -0.05) is 42.7 Å². The molecule has 1 aromatic rings. The van der Waals surface area contributed by atoms with Crippen LogP contribution in [0.25, 0.3) is 0 Å². The van der Waals surface area contributed by atoms with Gasteiger partial charge >= 0.3 is 0 Å². The number of oxime groups is 1. The zero-order chi connectivity index (χ0) is 15.3. The summed E-state index contributed by atoms with van der Waals surface area (Å²) in [5.41, 5.74) is 6.04. The van der Waals surface area contributed by atoms with Crippen LogP contribution in [0.3, 0.4) is 0 Å². The molecule has 0 aliphatic rings. The van der Waals surface area contributed by atoms with Crippen molar-refractivity contribution in [1.82, 2.24) is 5.32 Å². The molecule has 0 spiro atoms. The van der Waals surface area contributed by atoms with Gasteiger partial charge in [0.1, 0.15) is 5.54 Å². The third kappa shape index (κ3) is 3.04. The van der Waals surface area contributed by atoms with E-state index in [1.54, 1.807) is 12.1 Å². The van der Waals surface area contributed by atoms with E-state index in [1.165, 1.54) is 0 Å². The molecule has 0 unspecified atom stereocenters. The monoisotopic (exact) mass is 297 g/mol. The maximum atomic E-state index is 12.4. The highest BCUT2D eigenvalue weighted by molar-refractivity contribution is 6.34. The Kier molecular flexibility index (Phi) is 5.39. The summed E-state index contributed by atoms with van der Waals surface area (Å²) in [5.74, 6) is -0.353. The van der Waals surface area contributed by atoms with Crippen molar-refractivity contribution in [2.45, 2.75) is 39.2 Å². The van der Waals surface area contributed by atoms with Crippen LogP contribution >= 0.6 is 11.6 Å². The summed E-state index contributed by atoms with van der Waals surface area (Å²) in [6.45, 7) is 5.55. The largest absolute Gasteiger partial charge is 0.409 e. The Labute approximate surface area is 123 Å². The molecule has 0 radical (unpaired) electrons. The molecular weight excluding hydrogens is 278 g/mol. The molecule has 0 saturated heterocycles. The fourth-order valence-corrected chi connectivity index (χ4v) is 2.27. The van der Waals surface area contributed by atoms with Crippen molar-refractivity contribution in [3.8, 4) is 0 Å². The average Bonchev–Trinajstić information content (AvgIpc) is 2.46. The molecule has 20 heavy (non-hydrogen) atoms. The van der Waals surface area contributed by atoms with Crippen LogP contribution < -0.4 is 11.1 Å². The Hall–Kier alpha value is -1.75. The lowest BCUT2D eigenvalue weighted by molar-refractivity contribution is 0.0918. The minimum atomic E-state index is -0.876. The normalized spacial score (nSPS) is 12.3. The van der Waals surface area contributed by atoms with E-state index in [0.717, 1.165) is 5.56 Å². The summed E-state index contributed by atoms with van der Waals surface area (Å²) in [7, 11) is 0. The second kappa shape index (κ2) is 6.61. The number of carbonyl (C=O) groups is 1. The highest BCUT2D eigenvalue weighted by Gasteiger charge is 2.34. The lowest BCUT2D eigenvalue weighted by Crippen LogP contribution is -2.56. The van der Waals surface area contributed by atoms with Crippen molar-refractivity contribution in [3.05, 3.63) is 34.3 Å². The van der Waals surface area contributed by atoms with Crippen LogP contribution in [-0.2, 0) is 0 Å². The number of hydrogen-bond acceptors (Lipinski definition) is 3. The lowest BCUT2D eigenvalue weighted by Gasteiger charge is -2.31. The third-order valence-corrected chi connectivity index (χ3v) is 4.10. The molecule has 0 fully saturated rings. The first kappa shape index (κ1) is 16.3. The molecule has 5 nitrogen and oxygen atoms in total. The predicted octanol–water partition coefficient (Wildman–Crippen LogP) is 2.68. The molecule has 1 aromatic carbocycles. The van der Waals surface area contributed by atoms with Gasteiger partial charge in [0.15, 0.2) is 5.84 Å². The van der Waals surface area contributed by atoms with Gasteiger partial charge in [-0.05, 0) is 31.4 Å². The SMILES string of the molecule is CCC(CC)(NC(=O)c1cccc(C)c1Cl)/C(N)=N/O. The topological polar surface area (TPSA) is 87.7 Å². The van der Waals surface area contributed by atoms with Gasteiger partial charge < -0.3 is 16.3 Å². The molecule has 6 heteroatoms. The van der Waals surface area contributed by atoms with Crippen molar-refractivity contribution in [2.75, 3.05) is 0 Å². The molecule has 0 saturated carbocycles. The van der Waals surface area contributed by atoms with Crippen LogP contribution in [0.15, 0.2) is 23.4 Å². The van der Waals surface area contributed by atoms with E-state index in [9.17, 15) is 4.79 Å². The molecule has 0 bridgehead atoms. The first-order valence-electron chi connectivity index (χ1n) is 6.47. The molecule has 110 valence electrons. The van der Waals surface area contributed by atoms with Crippen LogP contribution in [-0.4, -0.2) is 22.5 Å². The minimum absolute atomic E-state index is 0.0142. The molecule has 1 rings (SSSR count). The van der Waals surface area contributed by atoms with Crippen LogP contribution in [0.5, 0.6) is 0 Å². The Morgan fingerprint density at radius 3 is 2.55 bits per heavy atom. The molecule has 0 aromatic heterocycles. The van der Waals surface area contributed by atoms with Gasteiger partial charge in [0.25, 0.3) is 5.91 Å². The first-order valence-corrected chi connectivity index (χ1v) is 6.85. The summed E-state index contributed by atoms with van der Waals surface area (Å²) >= 11 is 6.15. The molecule has 0 aliphatic carbocycles. The van der Waals surface area contributed by atoms with Gasteiger partial charge in [0, 0.05) is 0 Å². The fraction of sp³-hybridized carbons (Fsp3) is 0.429. The second-order valence-corrected chi connectivity index (χ2v) is 5.04. The second-order valence-electron chi connectivity index (χ2n) is 4.67. The Bertz CT molecular complexity index is 525. The summed E-state index contributed by atoms with van der Waals surface area (Å²) in [6.07, 6.45) is 1.02. The van der Waals surface area contributed by atoms with E-state index in [4.69, 9.17) is 22.5 Å². The van der Waals surface area contributed by atoms with Crippen molar-refractivity contribution in [3.63, 3.8) is 0 Å². The molecule has 0 atom stereocenters. The van der Waals surface area contributed by atoms with Crippen LogP contribution in [0.2, 0.25) is 5.02 Å². The molecule has 0 aliphatic heterocycles. The number of hydrogen-bond donors (Lipinski definition) is 3. The maximum Gasteiger partial charge on any atom is 0.253 e. The number of carbonyl (C=O) groups excluding carboxylic acids is 1. The average molecular weight is 298 g/mol. The van der Waals surface area contributed by atoms with E-state index in [0.29, 0.717) is 23.4 Å². The van der Waals surface area contributed by atoms with Gasteiger partial charge in [-0.15, -0.1) is 0 Å². The van der Waals surface area contributed by atoms with Gasteiger partial charge in [-0.25, -0.2) is 0 Å². The number of aryl methyl sites for hydroxylation is 1. The number of amidine groups is 1. The number of nitrogens with zero attached hydrogens (tertiary/aromatic N) is 1. The van der Waals surface area contributed by atoms with Gasteiger partial charge in [0.05, 0.1) is 10.6 Å². The highest BCUT2D eigenvalue weighted by atomic mass is 35.5. The zero-order valence-corrected chi connectivity index (χ0v) is 12.7. The third-order valence-electron chi connectivity index (χ3n) is 3.59. The number of nitrogens with one attached hydrogen (secondary N) is 1. The number of amides is 1. The van der Waals surface area contributed by atoms with Gasteiger partial charge in [-0.3, -0.25) is 4.79 Å². The highest BCUT2D eigenvalue weighted by Crippen LogP contribution is 2.22. The van der Waals surface area contributed by atoms with Crippen LogP contribution in [0.1, 0.15) is 42.6 Å². The van der Waals surface area contributed by atoms with Crippen LogP contribution in [0.4, 0.5) is 0 Å². The summed E-state index contributed by atoms with van der Waals surface area (Å²) in [5, 5.41) is 15.2. The van der Waals surface area contributed by atoms with Crippen molar-refractivity contribution >= 4 is 23.3 Å². The quantitative estimate of drug-likeness (QED) is 0.338. The van der Waals surface area contributed by atoms with E-state index in [2.05, 4.69) is 10.5 Å². The summed E-state index contributed by atoms with van der Waals surface area (Å²) in [6, 6.07) is 5.24. The number of halogens is 1. The predicted molar refractivity (Wildman–Crippen MR) is 80.4 cm³/mol. The van der Waals surface area contributed by atoms with E-state index < -0.39 is 5.54 Å². The zero-order valence-electron chi connectivity index (χ0n) is 11.9. The smallest absolute Gasteiger partial charge is 0.253 e. The number of benzene rings is 1. The van der Waals surface area contributed by atoms with E-state index in [1.807, 2.05) is 26.8 Å².